The van der Waals surface area contributed by atoms with Crippen molar-refractivity contribution in [1.82, 2.24) is 15.0 Å². The number of thiophene rings is 1. The van der Waals surface area contributed by atoms with Gasteiger partial charge in [0, 0.05) is 10.4 Å². The molecule has 0 saturated heterocycles. The van der Waals surface area contributed by atoms with E-state index in [1.165, 1.54) is 22.0 Å². The van der Waals surface area contributed by atoms with E-state index in [2.05, 4.69) is 22.4 Å². The molecule has 8 heteroatoms. The predicted octanol–water partition coefficient (Wildman–Crippen LogP) is 2.74. The van der Waals surface area contributed by atoms with Crippen LogP contribution in [0.25, 0.3) is 10.2 Å². The van der Waals surface area contributed by atoms with E-state index in [4.69, 9.17) is 4.74 Å². The second-order valence-electron chi connectivity index (χ2n) is 7.24. The number of aromatic nitrogens is 2. The van der Waals surface area contributed by atoms with Gasteiger partial charge in [0.1, 0.15) is 17.1 Å². The fraction of sp³-hybridized carbons (Fsp3) is 0.333. The Bertz CT molecular complexity index is 1150. The van der Waals surface area contributed by atoms with Gasteiger partial charge in [-0.3, -0.25) is 14.2 Å². The first-order valence-corrected chi connectivity index (χ1v) is 10.3. The predicted molar refractivity (Wildman–Crippen MR) is 114 cm³/mol. The Balaban J connectivity index is 1.50. The summed E-state index contributed by atoms with van der Waals surface area (Å²) >= 11 is 1.60. The smallest absolute Gasteiger partial charge is 0.262 e. The molecular weight excluding hydrogens is 388 g/mol. The van der Waals surface area contributed by atoms with Gasteiger partial charge in [0.15, 0.2) is 0 Å². The molecule has 0 bridgehead atoms. The van der Waals surface area contributed by atoms with Gasteiger partial charge in [-0.25, -0.2) is 10.4 Å². The van der Waals surface area contributed by atoms with Crippen LogP contribution in [0, 0.1) is 5.92 Å². The van der Waals surface area contributed by atoms with Crippen molar-refractivity contribution < 1.29 is 9.53 Å². The third kappa shape index (κ3) is 3.93. The van der Waals surface area contributed by atoms with Crippen LogP contribution < -0.4 is 15.7 Å². The van der Waals surface area contributed by atoms with Crippen LogP contribution >= 0.6 is 11.3 Å². The summed E-state index contributed by atoms with van der Waals surface area (Å²) in [6.45, 7) is 2.10. The van der Waals surface area contributed by atoms with Crippen LogP contribution in [0.15, 0.2) is 40.5 Å². The maximum absolute atomic E-state index is 13.0. The molecule has 0 spiro atoms. The Morgan fingerprint density at radius 1 is 1.45 bits per heavy atom. The van der Waals surface area contributed by atoms with Gasteiger partial charge in [0.05, 0.1) is 25.0 Å². The molecule has 1 aromatic carbocycles. The number of para-hydroxylation sites is 1. The Kier molecular flexibility index (Phi) is 5.44. The number of amides is 1. The highest BCUT2D eigenvalue weighted by Gasteiger charge is 2.23. The lowest BCUT2D eigenvalue weighted by atomic mass is 9.89. The quantitative estimate of drug-likeness (QED) is 0.518. The maximum Gasteiger partial charge on any atom is 0.262 e. The zero-order valence-electron chi connectivity index (χ0n) is 16.3. The zero-order valence-corrected chi connectivity index (χ0v) is 17.2. The van der Waals surface area contributed by atoms with Gasteiger partial charge in [-0.2, -0.15) is 5.10 Å². The number of methoxy groups -OCH3 is 1. The van der Waals surface area contributed by atoms with Crippen molar-refractivity contribution in [2.45, 2.75) is 32.7 Å². The van der Waals surface area contributed by atoms with Gasteiger partial charge < -0.3 is 4.74 Å². The van der Waals surface area contributed by atoms with Gasteiger partial charge in [-0.15, -0.1) is 11.3 Å². The Morgan fingerprint density at radius 3 is 3.10 bits per heavy atom. The van der Waals surface area contributed by atoms with Gasteiger partial charge in [0.25, 0.3) is 11.5 Å². The summed E-state index contributed by atoms with van der Waals surface area (Å²) in [5.74, 6) is 0.898. The maximum atomic E-state index is 13.0. The van der Waals surface area contributed by atoms with Crippen LogP contribution in [0.3, 0.4) is 0 Å². The first-order valence-electron chi connectivity index (χ1n) is 9.51. The Labute approximate surface area is 172 Å². The summed E-state index contributed by atoms with van der Waals surface area (Å²) < 4.78 is 6.59. The number of aryl methyl sites for hydroxylation is 1. The fourth-order valence-corrected chi connectivity index (χ4v) is 4.96. The van der Waals surface area contributed by atoms with E-state index in [9.17, 15) is 9.59 Å². The average molecular weight is 410 g/mol. The molecule has 1 atom stereocenters. The van der Waals surface area contributed by atoms with E-state index in [-0.39, 0.29) is 12.1 Å². The Morgan fingerprint density at radius 2 is 2.28 bits per heavy atom. The summed E-state index contributed by atoms with van der Waals surface area (Å²) in [6.07, 6.45) is 5.92. The second-order valence-corrected chi connectivity index (χ2v) is 8.33. The number of nitrogens with zero attached hydrogens (tertiary/aromatic N) is 3. The molecule has 1 amide bonds. The van der Waals surface area contributed by atoms with Crippen molar-refractivity contribution in [3.8, 4) is 5.75 Å². The van der Waals surface area contributed by atoms with Gasteiger partial charge in [-0.1, -0.05) is 19.1 Å². The molecule has 1 unspecified atom stereocenters. The molecule has 1 aliphatic carbocycles. The number of hydrogen-bond donors (Lipinski definition) is 1. The van der Waals surface area contributed by atoms with Crippen LogP contribution in [0.4, 0.5) is 0 Å². The number of rotatable bonds is 5. The summed E-state index contributed by atoms with van der Waals surface area (Å²) in [5, 5.41) is 4.64. The van der Waals surface area contributed by atoms with Gasteiger partial charge in [-0.05, 0) is 42.9 Å². The molecule has 2 aromatic heterocycles. The highest BCUT2D eigenvalue weighted by atomic mass is 32.1. The first-order chi connectivity index (χ1) is 14.1. The number of carbonyl (C=O) groups is 1. The minimum absolute atomic E-state index is 0.133. The molecule has 1 N–H and O–H groups in total. The minimum atomic E-state index is -0.392. The number of hydrogen-bond acceptors (Lipinski definition) is 6. The van der Waals surface area contributed by atoms with E-state index in [0.717, 1.165) is 35.2 Å². The number of benzene rings is 1. The van der Waals surface area contributed by atoms with Gasteiger partial charge >= 0.3 is 0 Å². The van der Waals surface area contributed by atoms with Crippen molar-refractivity contribution in [3.63, 3.8) is 0 Å². The molecule has 4 rings (SSSR count). The van der Waals surface area contributed by atoms with Crippen molar-refractivity contribution >= 4 is 33.7 Å². The summed E-state index contributed by atoms with van der Waals surface area (Å²) in [6, 6.07) is 7.35. The third-order valence-corrected chi connectivity index (χ3v) is 6.29. The molecule has 7 nitrogen and oxygen atoms in total. The number of ether oxygens (including phenoxy) is 1. The van der Waals surface area contributed by atoms with E-state index < -0.39 is 5.91 Å². The molecule has 0 radical (unpaired) electrons. The number of hydrazone groups is 1. The van der Waals surface area contributed by atoms with Crippen molar-refractivity contribution in [3.05, 3.63) is 57.0 Å². The summed E-state index contributed by atoms with van der Waals surface area (Å²) in [5.41, 5.74) is 4.16. The Hall–Kier alpha value is -3.00. The molecule has 0 saturated carbocycles. The van der Waals surface area contributed by atoms with E-state index in [0.29, 0.717) is 17.1 Å². The second kappa shape index (κ2) is 8.16. The number of nitrogens with one attached hydrogen (secondary N) is 1. The minimum Gasteiger partial charge on any atom is -0.496 e. The topological polar surface area (TPSA) is 85.6 Å². The average Bonchev–Trinajstić information content (AvgIpc) is 3.08. The van der Waals surface area contributed by atoms with Crippen molar-refractivity contribution in [2.75, 3.05) is 7.11 Å². The zero-order chi connectivity index (χ0) is 20.4. The monoisotopic (exact) mass is 410 g/mol. The van der Waals surface area contributed by atoms with E-state index >= 15 is 0 Å². The van der Waals surface area contributed by atoms with E-state index in [1.807, 2.05) is 24.3 Å². The number of fused-ring (bicyclic) bond motifs is 3. The largest absolute Gasteiger partial charge is 0.496 e. The van der Waals surface area contributed by atoms with Crippen LogP contribution in [-0.4, -0.2) is 28.8 Å². The van der Waals surface area contributed by atoms with Crippen molar-refractivity contribution in [1.29, 1.82) is 0 Å². The van der Waals surface area contributed by atoms with Gasteiger partial charge in [0.2, 0.25) is 0 Å². The molecule has 2 heterocycles. The SMILES string of the molecule is COc1ccccc1C=NNC(=O)Cn1cnc2sc3c(c2c1=O)CCC(C)C3. The lowest BCUT2D eigenvalue weighted by Gasteiger charge is -2.17. The lowest BCUT2D eigenvalue weighted by Crippen LogP contribution is -2.30. The molecule has 0 aliphatic heterocycles. The summed E-state index contributed by atoms with van der Waals surface area (Å²) in [7, 11) is 1.57. The molecule has 1 aliphatic rings. The van der Waals surface area contributed by atoms with Crippen LogP contribution in [0.5, 0.6) is 5.75 Å². The molecule has 3 aromatic rings. The van der Waals surface area contributed by atoms with E-state index in [1.54, 1.807) is 18.4 Å². The molecule has 0 fully saturated rings. The standard InChI is InChI=1S/C21H22N4O3S/c1-13-7-8-15-17(9-13)29-20-19(15)21(27)25(12-22-20)11-18(26)24-23-10-14-5-3-4-6-16(14)28-2/h3-6,10,12-13H,7-9,11H2,1-2H3,(H,24,26). The first kappa shape index (κ1) is 19.3. The van der Waals surface area contributed by atoms with Crippen LogP contribution in [0.1, 0.15) is 29.3 Å². The molecular formula is C21H22N4O3S. The highest BCUT2D eigenvalue weighted by Crippen LogP contribution is 2.35. The molecule has 150 valence electrons. The van der Waals surface area contributed by atoms with Crippen molar-refractivity contribution in [2.24, 2.45) is 11.0 Å². The lowest BCUT2D eigenvalue weighted by molar-refractivity contribution is -0.121. The fourth-order valence-electron chi connectivity index (χ4n) is 3.62. The summed E-state index contributed by atoms with van der Waals surface area (Å²) in [4.78, 5) is 31.7. The normalized spacial score (nSPS) is 16.1. The highest BCUT2D eigenvalue weighted by molar-refractivity contribution is 7.18. The third-order valence-electron chi connectivity index (χ3n) is 5.13. The number of carbonyl (C=O) groups excluding carboxylic acids is 1. The van der Waals surface area contributed by atoms with Crippen LogP contribution in [0.2, 0.25) is 0 Å². The molecule has 29 heavy (non-hydrogen) atoms. The van der Waals surface area contributed by atoms with Crippen LogP contribution in [-0.2, 0) is 24.2 Å².